The molecule has 0 aliphatic carbocycles. The SMILES string of the molecule is COc1ncc(N2CCOCC2)cc1SNc1cncc(-c2ccc(CN3CCCC3C)cc2F)c1. The van der Waals surface area contributed by atoms with Crippen molar-refractivity contribution in [3.8, 4) is 17.0 Å². The molecule has 0 spiro atoms. The number of hydrogen-bond donors (Lipinski definition) is 1. The Kier molecular flexibility index (Phi) is 7.89. The molecule has 2 aromatic heterocycles. The van der Waals surface area contributed by atoms with Crippen molar-refractivity contribution in [2.75, 3.05) is 49.6 Å². The zero-order valence-electron chi connectivity index (χ0n) is 20.7. The lowest BCUT2D eigenvalue weighted by Crippen LogP contribution is -2.36. The van der Waals surface area contributed by atoms with E-state index >= 15 is 4.39 Å². The summed E-state index contributed by atoms with van der Waals surface area (Å²) >= 11 is 1.40. The number of rotatable bonds is 8. The van der Waals surface area contributed by atoms with E-state index in [9.17, 15) is 0 Å². The van der Waals surface area contributed by atoms with Gasteiger partial charge in [0.1, 0.15) is 5.82 Å². The molecule has 1 atom stereocenters. The van der Waals surface area contributed by atoms with E-state index in [0.29, 0.717) is 30.7 Å². The maximum absolute atomic E-state index is 15.1. The van der Waals surface area contributed by atoms with Gasteiger partial charge in [-0.1, -0.05) is 12.1 Å². The van der Waals surface area contributed by atoms with Crippen LogP contribution in [0.1, 0.15) is 25.3 Å². The third-order valence-electron chi connectivity index (χ3n) is 6.81. The van der Waals surface area contributed by atoms with E-state index < -0.39 is 0 Å². The number of halogens is 1. The zero-order chi connectivity index (χ0) is 24.9. The van der Waals surface area contributed by atoms with Crippen molar-refractivity contribution in [2.45, 2.75) is 37.2 Å². The molecule has 1 unspecified atom stereocenters. The summed E-state index contributed by atoms with van der Waals surface area (Å²) in [4.78, 5) is 14.3. The quantitative estimate of drug-likeness (QED) is 0.414. The normalized spacial score (nSPS) is 18.4. The van der Waals surface area contributed by atoms with Crippen LogP contribution < -0.4 is 14.4 Å². The van der Waals surface area contributed by atoms with Gasteiger partial charge in [-0.05, 0) is 62.0 Å². The number of methoxy groups -OCH3 is 1. The second kappa shape index (κ2) is 11.5. The van der Waals surface area contributed by atoms with Crippen molar-refractivity contribution in [2.24, 2.45) is 0 Å². The molecule has 5 rings (SSSR count). The highest BCUT2D eigenvalue weighted by molar-refractivity contribution is 8.00. The van der Waals surface area contributed by atoms with Crippen LogP contribution in [0.4, 0.5) is 15.8 Å². The minimum Gasteiger partial charge on any atom is -0.480 e. The molecule has 0 amide bonds. The summed E-state index contributed by atoms with van der Waals surface area (Å²) in [6, 6.07) is 10.1. The first kappa shape index (κ1) is 24.8. The number of nitrogens with one attached hydrogen (secondary N) is 1. The van der Waals surface area contributed by atoms with Gasteiger partial charge in [-0.15, -0.1) is 0 Å². The average Bonchev–Trinajstić information content (AvgIpc) is 3.32. The summed E-state index contributed by atoms with van der Waals surface area (Å²) in [6.07, 6.45) is 7.67. The highest BCUT2D eigenvalue weighted by atomic mass is 32.2. The molecule has 3 aromatic rings. The van der Waals surface area contributed by atoms with Gasteiger partial charge in [0.25, 0.3) is 0 Å². The Morgan fingerprint density at radius 2 is 2.00 bits per heavy atom. The van der Waals surface area contributed by atoms with E-state index in [0.717, 1.165) is 53.6 Å². The minimum absolute atomic E-state index is 0.227. The van der Waals surface area contributed by atoms with Crippen molar-refractivity contribution < 1.29 is 13.9 Å². The largest absolute Gasteiger partial charge is 0.480 e. The standard InChI is InChI=1S/C27H32FN5O2S/c1-19-4-3-7-33(19)18-20-5-6-24(25(28)12-20)21-13-22(16-29-15-21)31-36-26-14-23(17-30-27(26)34-2)32-8-10-35-11-9-32/h5-6,12-17,19,31H,3-4,7-11,18H2,1-2H3. The fourth-order valence-electron chi connectivity index (χ4n) is 4.75. The lowest BCUT2D eigenvalue weighted by atomic mass is 10.0. The molecular weight excluding hydrogens is 477 g/mol. The molecular formula is C27H32FN5O2S. The van der Waals surface area contributed by atoms with Crippen LogP contribution in [0.15, 0.2) is 53.8 Å². The Hall–Kier alpha value is -2.88. The molecule has 0 saturated carbocycles. The van der Waals surface area contributed by atoms with Crippen molar-refractivity contribution >= 4 is 23.3 Å². The highest BCUT2D eigenvalue weighted by Crippen LogP contribution is 2.33. The van der Waals surface area contributed by atoms with Gasteiger partial charge in [0.2, 0.25) is 5.88 Å². The monoisotopic (exact) mass is 509 g/mol. The van der Waals surface area contributed by atoms with Crippen LogP contribution in [0, 0.1) is 5.82 Å². The number of ether oxygens (including phenoxy) is 2. The van der Waals surface area contributed by atoms with Crippen LogP contribution in [0.5, 0.6) is 5.88 Å². The number of aromatic nitrogens is 2. The number of pyridine rings is 2. The Labute approximate surface area is 216 Å². The zero-order valence-corrected chi connectivity index (χ0v) is 21.6. The molecule has 0 bridgehead atoms. The van der Waals surface area contributed by atoms with E-state index in [1.54, 1.807) is 25.6 Å². The van der Waals surface area contributed by atoms with Crippen molar-refractivity contribution in [1.29, 1.82) is 0 Å². The van der Waals surface area contributed by atoms with Crippen molar-refractivity contribution in [3.63, 3.8) is 0 Å². The summed E-state index contributed by atoms with van der Waals surface area (Å²) in [7, 11) is 1.61. The predicted octanol–water partition coefficient (Wildman–Crippen LogP) is 5.23. The van der Waals surface area contributed by atoms with Crippen molar-refractivity contribution in [3.05, 3.63) is 60.3 Å². The molecule has 2 aliphatic heterocycles. The van der Waals surface area contributed by atoms with Crippen LogP contribution in [-0.2, 0) is 11.3 Å². The maximum Gasteiger partial charge on any atom is 0.229 e. The number of benzene rings is 1. The first-order valence-electron chi connectivity index (χ1n) is 12.4. The molecule has 0 radical (unpaired) electrons. The van der Waals surface area contributed by atoms with Gasteiger partial charge in [0, 0.05) is 43.0 Å². The maximum atomic E-state index is 15.1. The molecule has 4 heterocycles. The summed E-state index contributed by atoms with van der Waals surface area (Å²) in [5, 5.41) is 0. The lowest BCUT2D eigenvalue weighted by molar-refractivity contribution is 0.122. The predicted molar refractivity (Wildman–Crippen MR) is 142 cm³/mol. The van der Waals surface area contributed by atoms with E-state index in [1.165, 1.54) is 24.8 Å². The Bertz CT molecular complexity index is 1190. The molecule has 36 heavy (non-hydrogen) atoms. The van der Waals surface area contributed by atoms with Gasteiger partial charge in [-0.3, -0.25) is 9.88 Å². The molecule has 2 aliphatic rings. The van der Waals surface area contributed by atoms with Crippen LogP contribution in [0.25, 0.3) is 11.1 Å². The van der Waals surface area contributed by atoms with Crippen LogP contribution >= 0.6 is 11.9 Å². The smallest absolute Gasteiger partial charge is 0.229 e. The topological polar surface area (TPSA) is 62.8 Å². The Morgan fingerprint density at radius 1 is 1.14 bits per heavy atom. The summed E-state index contributed by atoms with van der Waals surface area (Å²) in [5.74, 6) is 0.317. The van der Waals surface area contributed by atoms with Gasteiger partial charge in [-0.2, -0.15) is 0 Å². The molecule has 2 saturated heterocycles. The Balaban J connectivity index is 1.29. The van der Waals surface area contributed by atoms with E-state index in [2.05, 4.69) is 37.5 Å². The van der Waals surface area contributed by atoms with E-state index in [1.807, 2.05) is 24.4 Å². The third-order valence-corrected chi connectivity index (χ3v) is 7.66. The number of morpholine rings is 1. The van der Waals surface area contributed by atoms with E-state index in [-0.39, 0.29) is 5.82 Å². The molecule has 9 heteroatoms. The lowest BCUT2D eigenvalue weighted by Gasteiger charge is -2.29. The molecule has 2 fully saturated rings. The molecule has 1 N–H and O–H groups in total. The summed E-state index contributed by atoms with van der Waals surface area (Å²) < 4.78 is 29.3. The second-order valence-corrected chi connectivity index (χ2v) is 10.1. The number of nitrogens with zero attached hydrogens (tertiary/aromatic N) is 4. The van der Waals surface area contributed by atoms with Gasteiger partial charge in [0.15, 0.2) is 0 Å². The number of hydrogen-bond acceptors (Lipinski definition) is 8. The van der Waals surface area contributed by atoms with Gasteiger partial charge in [-0.25, -0.2) is 9.37 Å². The van der Waals surface area contributed by atoms with Gasteiger partial charge < -0.3 is 19.1 Å². The fraction of sp³-hybridized carbons (Fsp3) is 0.407. The summed E-state index contributed by atoms with van der Waals surface area (Å²) in [5.41, 5.74) is 4.07. The molecule has 190 valence electrons. The van der Waals surface area contributed by atoms with E-state index in [4.69, 9.17) is 9.47 Å². The summed E-state index contributed by atoms with van der Waals surface area (Å²) in [6.45, 7) is 7.19. The average molecular weight is 510 g/mol. The fourth-order valence-corrected chi connectivity index (χ4v) is 5.50. The number of likely N-dealkylation sites (tertiary alicyclic amines) is 1. The van der Waals surface area contributed by atoms with Crippen molar-refractivity contribution in [1.82, 2.24) is 14.9 Å². The van der Waals surface area contributed by atoms with Gasteiger partial charge >= 0.3 is 0 Å². The first-order valence-corrected chi connectivity index (χ1v) is 13.2. The third kappa shape index (κ3) is 5.74. The first-order chi connectivity index (χ1) is 17.6. The Morgan fingerprint density at radius 3 is 2.75 bits per heavy atom. The highest BCUT2D eigenvalue weighted by Gasteiger charge is 2.20. The second-order valence-electron chi connectivity index (χ2n) is 9.24. The molecule has 7 nitrogen and oxygen atoms in total. The minimum atomic E-state index is -0.227. The van der Waals surface area contributed by atoms with Gasteiger partial charge in [0.05, 0.1) is 49.0 Å². The van der Waals surface area contributed by atoms with Crippen LogP contribution in [-0.4, -0.2) is 60.9 Å². The molecule has 1 aromatic carbocycles. The van der Waals surface area contributed by atoms with Crippen LogP contribution in [0.3, 0.4) is 0 Å². The number of anilines is 2. The van der Waals surface area contributed by atoms with Crippen LogP contribution in [0.2, 0.25) is 0 Å².